The average molecular weight is 561 g/mol. The van der Waals surface area contributed by atoms with Crippen molar-refractivity contribution in [2.45, 2.75) is 13.0 Å². The molecule has 7 nitrogen and oxygen atoms in total. The van der Waals surface area contributed by atoms with Crippen molar-refractivity contribution >= 4 is 40.7 Å². The van der Waals surface area contributed by atoms with Gasteiger partial charge in [0, 0.05) is 16.1 Å². The molecule has 198 valence electrons. The summed E-state index contributed by atoms with van der Waals surface area (Å²) in [4.78, 5) is 32.8. The summed E-state index contributed by atoms with van der Waals surface area (Å²) in [6.45, 7) is 1.92. The van der Waals surface area contributed by atoms with E-state index in [4.69, 9.17) is 30.8 Å². The minimum Gasteiger partial charge on any atom is -0.497 e. The van der Waals surface area contributed by atoms with E-state index in [1.807, 2.05) is 42.5 Å². The van der Waals surface area contributed by atoms with Crippen LogP contribution in [-0.4, -0.2) is 31.4 Å². The first-order valence-electron chi connectivity index (χ1n) is 12.2. The van der Waals surface area contributed by atoms with Crippen LogP contribution in [0.25, 0.3) is 11.8 Å². The number of hydrogen-bond donors (Lipinski definition) is 0. The summed E-state index contributed by atoms with van der Waals surface area (Å²) in [5.41, 5.74) is 2.57. The van der Waals surface area contributed by atoms with Gasteiger partial charge in [-0.25, -0.2) is 9.79 Å². The van der Waals surface area contributed by atoms with Crippen LogP contribution in [-0.2, 0) is 9.53 Å². The van der Waals surface area contributed by atoms with Gasteiger partial charge in [-0.05, 0) is 48.9 Å². The topological polar surface area (TPSA) is 79.1 Å². The lowest BCUT2D eigenvalue weighted by Crippen LogP contribution is -2.40. The van der Waals surface area contributed by atoms with Gasteiger partial charge in [0.2, 0.25) is 0 Å². The molecule has 0 spiro atoms. The van der Waals surface area contributed by atoms with E-state index in [2.05, 4.69) is 0 Å². The Hall–Kier alpha value is -4.14. The van der Waals surface area contributed by atoms with E-state index < -0.39 is 12.0 Å². The Bertz CT molecular complexity index is 1740. The van der Waals surface area contributed by atoms with Gasteiger partial charge >= 0.3 is 5.97 Å². The van der Waals surface area contributed by atoms with Crippen LogP contribution in [0.4, 0.5) is 0 Å². The molecule has 0 saturated heterocycles. The van der Waals surface area contributed by atoms with E-state index in [0.717, 1.165) is 5.56 Å². The number of halogens is 1. The highest BCUT2D eigenvalue weighted by atomic mass is 35.5. The van der Waals surface area contributed by atoms with Crippen LogP contribution in [0.1, 0.15) is 29.7 Å². The molecule has 3 aromatic carbocycles. The molecular weight excluding hydrogens is 536 g/mol. The van der Waals surface area contributed by atoms with E-state index in [-0.39, 0.29) is 17.7 Å². The number of thiazole rings is 1. The zero-order valence-electron chi connectivity index (χ0n) is 21.5. The maximum Gasteiger partial charge on any atom is 0.338 e. The number of hydrogen-bond acceptors (Lipinski definition) is 7. The Balaban J connectivity index is 1.83. The number of esters is 1. The third kappa shape index (κ3) is 5.13. The molecule has 1 aliphatic heterocycles. The lowest BCUT2D eigenvalue weighted by Gasteiger charge is -2.25. The van der Waals surface area contributed by atoms with Crippen molar-refractivity contribution in [3.05, 3.63) is 120 Å². The van der Waals surface area contributed by atoms with E-state index in [1.165, 1.54) is 11.3 Å². The molecule has 2 heterocycles. The number of fused-ring (bicyclic) bond motifs is 1. The molecule has 5 rings (SSSR count). The molecule has 1 aromatic heterocycles. The van der Waals surface area contributed by atoms with Crippen molar-refractivity contribution in [1.82, 2.24) is 4.57 Å². The minimum atomic E-state index is -0.776. The van der Waals surface area contributed by atoms with Crippen LogP contribution in [0.3, 0.4) is 0 Å². The standard InChI is InChI=1S/C30H25ClN2O5S/c1-4-38-29(35)25-26(18-8-6-5-7-9-18)32-30-33(27(25)19-10-12-21(31)13-11-19)28(34)24(39-30)17-20-16-22(36-2)14-15-23(20)37-3/h5-17,27H,4H2,1-3H3/b24-17+/t27-/m0/s1. The molecule has 0 unspecified atom stereocenters. The molecule has 4 aromatic rings. The molecule has 39 heavy (non-hydrogen) atoms. The minimum absolute atomic E-state index is 0.178. The maximum atomic E-state index is 14.0. The fraction of sp³-hybridized carbons (Fsp3) is 0.167. The third-order valence-electron chi connectivity index (χ3n) is 6.28. The molecule has 1 aliphatic rings. The number of ether oxygens (including phenoxy) is 3. The Morgan fingerprint density at radius 2 is 1.79 bits per heavy atom. The predicted octanol–water partition coefficient (Wildman–Crippen LogP) is 4.61. The van der Waals surface area contributed by atoms with Crippen LogP contribution in [0.15, 0.2) is 88.2 Å². The fourth-order valence-electron chi connectivity index (χ4n) is 4.49. The molecule has 0 amide bonds. The summed E-state index contributed by atoms with van der Waals surface area (Å²) in [6, 6.07) is 21.1. The van der Waals surface area contributed by atoms with Crippen molar-refractivity contribution in [1.29, 1.82) is 0 Å². The highest BCUT2D eigenvalue weighted by Gasteiger charge is 2.35. The van der Waals surface area contributed by atoms with Gasteiger partial charge in [0.15, 0.2) is 4.80 Å². The van der Waals surface area contributed by atoms with Crippen molar-refractivity contribution in [3.8, 4) is 11.5 Å². The number of carbonyl (C=O) groups excluding carboxylic acids is 1. The summed E-state index contributed by atoms with van der Waals surface area (Å²) >= 11 is 7.42. The summed E-state index contributed by atoms with van der Waals surface area (Å²) in [6.07, 6.45) is 1.75. The van der Waals surface area contributed by atoms with Crippen LogP contribution >= 0.6 is 22.9 Å². The van der Waals surface area contributed by atoms with Gasteiger partial charge in [-0.2, -0.15) is 0 Å². The number of methoxy groups -OCH3 is 2. The lowest BCUT2D eigenvalue weighted by molar-refractivity contribution is -0.138. The monoisotopic (exact) mass is 560 g/mol. The van der Waals surface area contributed by atoms with Gasteiger partial charge in [-0.15, -0.1) is 0 Å². The zero-order chi connectivity index (χ0) is 27.5. The van der Waals surface area contributed by atoms with Gasteiger partial charge < -0.3 is 14.2 Å². The Kier molecular flexibility index (Phi) is 7.67. The smallest absolute Gasteiger partial charge is 0.338 e. The first-order valence-corrected chi connectivity index (χ1v) is 13.4. The summed E-state index contributed by atoms with van der Waals surface area (Å²) in [7, 11) is 3.15. The van der Waals surface area contributed by atoms with Crippen molar-refractivity contribution in [2.24, 2.45) is 4.99 Å². The number of carbonyl (C=O) groups is 1. The maximum absolute atomic E-state index is 14.0. The van der Waals surface area contributed by atoms with Crippen LogP contribution in [0, 0.1) is 0 Å². The first-order chi connectivity index (χ1) is 18.9. The second-order valence-electron chi connectivity index (χ2n) is 8.59. The lowest BCUT2D eigenvalue weighted by atomic mass is 9.93. The normalized spacial score (nSPS) is 15.0. The quantitative estimate of drug-likeness (QED) is 0.309. The van der Waals surface area contributed by atoms with Gasteiger partial charge in [-0.3, -0.25) is 9.36 Å². The van der Waals surface area contributed by atoms with Crippen LogP contribution < -0.4 is 24.4 Å². The largest absolute Gasteiger partial charge is 0.497 e. The number of nitrogens with zero attached hydrogens (tertiary/aromatic N) is 2. The molecule has 0 aliphatic carbocycles. The number of aromatic nitrogens is 1. The highest BCUT2D eigenvalue weighted by molar-refractivity contribution is 7.07. The molecule has 0 saturated carbocycles. The number of rotatable bonds is 7. The van der Waals surface area contributed by atoms with Crippen molar-refractivity contribution in [2.75, 3.05) is 20.8 Å². The predicted molar refractivity (Wildman–Crippen MR) is 152 cm³/mol. The van der Waals surface area contributed by atoms with Crippen molar-refractivity contribution in [3.63, 3.8) is 0 Å². The molecule has 0 radical (unpaired) electrons. The van der Waals surface area contributed by atoms with E-state index in [9.17, 15) is 9.59 Å². The van der Waals surface area contributed by atoms with Crippen molar-refractivity contribution < 1.29 is 19.0 Å². The van der Waals surface area contributed by atoms with Gasteiger partial charge in [-0.1, -0.05) is 65.4 Å². The SMILES string of the molecule is CCOC(=O)C1=C(c2ccccc2)N=c2s/c(=C/c3cc(OC)ccc3OC)c(=O)n2[C@H]1c1ccc(Cl)cc1. The van der Waals surface area contributed by atoms with Gasteiger partial charge in [0.25, 0.3) is 5.56 Å². The Morgan fingerprint density at radius 3 is 2.46 bits per heavy atom. The third-order valence-corrected chi connectivity index (χ3v) is 7.52. The van der Waals surface area contributed by atoms with Crippen LogP contribution in [0.5, 0.6) is 11.5 Å². The van der Waals surface area contributed by atoms with E-state index >= 15 is 0 Å². The molecule has 0 fully saturated rings. The summed E-state index contributed by atoms with van der Waals surface area (Å²) < 4.78 is 18.3. The zero-order valence-corrected chi connectivity index (χ0v) is 23.1. The average Bonchev–Trinajstić information content (AvgIpc) is 3.27. The second-order valence-corrected chi connectivity index (χ2v) is 10.0. The Labute approximate surface area is 233 Å². The number of benzene rings is 3. The highest BCUT2D eigenvalue weighted by Crippen LogP contribution is 2.35. The first kappa shape index (κ1) is 26.5. The molecule has 0 bridgehead atoms. The molecule has 1 atom stereocenters. The Morgan fingerprint density at radius 1 is 1.05 bits per heavy atom. The van der Waals surface area contributed by atoms with Gasteiger partial charge in [0.05, 0.1) is 42.7 Å². The summed E-state index contributed by atoms with van der Waals surface area (Å²) in [5, 5.41) is 0.543. The fourth-order valence-corrected chi connectivity index (χ4v) is 5.61. The summed E-state index contributed by atoms with van der Waals surface area (Å²) in [5.74, 6) is 0.682. The van der Waals surface area contributed by atoms with E-state index in [1.54, 1.807) is 62.1 Å². The van der Waals surface area contributed by atoms with E-state index in [0.29, 0.717) is 42.7 Å². The van der Waals surface area contributed by atoms with Crippen LogP contribution in [0.2, 0.25) is 5.02 Å². The molecular formula is C30H25ClN2O5S. The molecule has 9 heteroatoms. The van der Waals surface area contributed by atoms with Gasteiger partial charge in [0.1, 0.15) is 11.5 Å². The molecule has 0 N–H and O–H groups in total. The second kappa shape index (κ2) is 11.3.